The standard InChI is InChI=1S/C7H14N2O2/c8-7(10)11-4-2-6-1-3-9-5-6/h6,9H,1-5H2,(H2,8,10). The topological polar surface area (TPSA) is 64.4 Å². The fourth-order valence-electron chi connectivity index (χ4n) is 1.29. The van der Waals surface area contributed by atoms with Gasteiger partial charge in [-0.3, -0.25) is 0 Å². The van der Waals surface area contributed by atoms with E-state index >= 15 is 0 Å². The van der Waals surface area contributed by atoms with Crippen LogP contribution in [-0.2, 0) is 4.74 Å². The number of nitrogens with one attached hydrogen (secondary N) is 1. The third kappa shape index (κ3) is 3.23. The Bertz CT molecular complexity index is 132. The quantitative estimate of drug-likeness (QED) is 0.611. The molecule has 0 aromatic heterocycles. The zero-order valence-electron chi connectivity index (χ0n) is 6.51. The van der Waals surface area contributed by atoms with Crippen LogP contribution in [0.4, 0.5) is 4.79 Å². The van der Waals surface area contributed by atoms with Crippen molar-refractivity contribution in [3.8, 4) is 0 Å². The predicted octanol–water partition coefficient (Wildman–Crippen LogP) is 0.0813. The van der Waals surface area contributed by atoms with Crippen molar-refractivity contribution in [2.75, 3.05) is 19.7 Å². The molecule has 0 spiro atoms. The molecule has 3 N–H and O–H groups in total. The van der Waals surface area contributed by atoms with Crippen LogP contribution in [0.5, 0.6) is 0 Å². The highest BCUT2D eigenvalue weighted by molar-refractivity contribution is 5.64. The summed E-state index contributed by atoms with van der Waals surface area (Å²) in [7, 11) is 0. The third-order valence-corrected chi connectivity index (χ3v) is 1.93. The Hall–Kier alpha value is -0.770. The molecule has 4 heteroatoms. The van der Waals surface area contributed by atoms with E-state index in [1.54, 1.807) is 0 Å². The van der Waals surface area contributed by atoms with Crippen molar-refractivity contribution in [1.82, 2.24) is 5.32 Å². The molecule has 0 saturated carbocycles. The summed E-state index contributed by atoms with van der Waals surface area (Å²) in [4.78, 5) is 10.2. The van der Waals surface area contributed by atoms with Crippen molar-refractivity contribution in [3.05, 3.63) is 0 Å². The van der Waals surface area contributed by atoms with Gasteiger partial charge in [0, 0.05) is 0 Å². The SMILES string of the molecule is NC(=O)OCCC1CCNC1. The van der Waals surface area contributed by atoms with Gasteiger partial charge in [-0.25, -0.2) is 4.79 Å². The molecule has 1 saturated heterocycles. The Balaban J connectivity index is 1.98. The van der Waals surface area contributed by atoms with Gasteiger partial charge in [-0.05, 0) is 31.8 Å². The molecule has 4 nitrogen and oxygen atoms in total. The molecule has 1 unspecified atom stereocenters. The van der Waals surface area contributed by atoms with Crippen LogP contribution in [-0.4, -0.2) is 25.8 Å². The monoisotopic (exact) mass is 158 g/mol. The fraction of sp³-hybridized carbons (Fsp3) is 0.857. The van der Waals surface area contributed by atoms with Gasteiger partial charge in [-0.15, -0.1) is 0 Å². The van der Waals surface area contributed by atoms with E-state index in [1.807, 2.05) is 0 Å². The van der Waals surface area contributed by atoms with Crippen LogP contribution in [0.15, 0.2) is 0 Å². The minimum Gasteiger partial charge on any atom is -0.450 e. The number of carbonyl (C=O) groups is 1. The van der Waals surface area contributed by atoms with Crippen LogP contribution in [0.25, 0.3) is 0 Å². The summed E-state index contributed by atoms with van der Waals surface area (Å²) in [6.45, 7) is 2.59. The van der Waals surface area contributed by atoms with Crippen molar-refractivity contribution in [1.29, 1.82) is 0 Å². The summed E-state index contributed by atoms with van der Waals surface area (Å²) >= 11 is 0. The van der Waals surface area contributed by atoms with Gasteiger partial charge in [-0.1, -0.05) is 0 Å². The highest BCUT2D eigenvalue weighted by Crippen LogP contribution is 2.11. The lowest BCUT2D eigenvalue weighted by molar-refractivity contribution is 0.150. The molecule has 0 aromatic rings. The lowest BCUT2D eigenvalue weighted by Crippen LogP contribution is -2.16. The van der Waals surface area contributed by atoms with E-state index in [0.717, 1.165) is 19.5 Å². The molecule has 1 amide bonds. The molecule has 1 aliphatic rings. The first-order valence-corrected chi connectivity index (χ1v) is 3.92. The number of primary amides is 1. The first-order chi connectivity index (χ1) is 5.29. The normalized spacial score (nSPS) is 23.5. The lowest BCUT2D eigenvalue weighted by atomic mass is 10.1. The van der Waals surface area contributed by atoms with Crippen LogP contribution in [0.3, 0.4) is 0 Å². The summed E-state index contributed by atoms with van der Waals surface area (Å²) in [5.74, 6) is 0.661. The van der Waals surface area contributed by atoms with Crippen LogP contribution < -0.4 is 11.1 Å². The summed E-state index contributed by atoms with van der Waals surface area (Å²) in [6.07, 6.45) is 1.44. The second kappa shape index (κ2) is 4.18. The summed E-state index contributed by atoms with van der Waals surface area (Å²) in [6, 6.07) is 0. The van der Waals surface area contributed by atoms with Crippen molar-refractivity contribution in [2.24, 2.45) is 11.7 Å². The molecule has 0 aromatic carbocycles. The molecular weight excluding hydrogens is 144 g/mol. The zero-order chi connectivity index (χ0) is 8.10. The van der Waals surface area contributed by atoms with Gasteiger partial charge in [-0.2, -0.15) is 0 Å². The van der Waals surface area contributed by atoms with Gasteiger partial charge in [0.05, 0.1) is 6.61 Å². The van der Waals surface area contributed by atoms with Crippen molar-refractivity contribution >= 4 is 6.09 Å². The van der Waals surface area contributed by atoms with Crippen molar-refractivity contribution in [2.45, 2.75) is 12.8 Å². The van der Waals surface area contributed by atoms with E-state index in [-0.39, 0.29) is 0 Å². The zero-order valence-corrected chi connectivity index (χ0v) is 6.51. The molecule has 11 heavy (non-hydrogen) atoms. The van der Waals surface area contributed by atoms with Gasteiger partial charge < -0.3 is 15.8 Å². The van der Waals surface area contributed by atoms with E-state index in [2.05, 4.69) is 10.1 Å². The highest BCUT2D eigenvalue weighted by Gasteiger charge is 2.13. The first kappa shape index (κ1) is 8.33. The average molecular weight is 158 g/mol. The Morgan fingerprint density at radius 1 is 1.73 bits per heavy atom. The Labute approximate surface area is 66.1 Å². The van der Waals surface area contributed by atoms with Crippen molar-refractivity contribution < 1.29 is 9.53 Å². The largest absolute Gasteiger partial charge is 0.450 e. The minimum absolute atomic E-state index is 0.460. The van der Waals surface area contributed by atoms with Gasteiger partial charge >= 0.3 is 6.09 Å². The first-order valence-electron chi connectivity index (χ1n) is 3.92. The molecule has 0 radical (unpaired) electrons. The molecule has 1 fully saturated rings. The molecule has 1 aliphatic heterocycles. The van der Waals surface area contributed by atoms with Crippen LogP contribution in [0.2, 0.25) is 0 Å². The second-order valence-electron chi connectivity index (χ2n) is 2.81. The Kier molecular flexibility index (Phi) is 3.16. The number of carbonyl (C=O) groups excluding carboxylic acids is 1. The minimum atomic E-state index is -0.670. The molecule has 0 aliphatic carbocycles. The number of amides is 1. The fourth-order valence-corrected chi connectivity index (χ4v) is 1.29. The predicted molar refractivity (Wildman–Crippen MR) is 41.1 cm³/mol. The number of hydrogen-bond donors (Lipinski definition) is 2. The summed E-state index contributed by atoms with van der Waals surface area (Å²) < 4.78 is 4.61. The molecule has 0 bridgehead atoms. The lowest BCUT2D eigenvalue weighted by Gasteiger charge is -2.06. The van der Waals surface area contributed by atoms with E-state index in [4.69, 9.17) is 5.73 Å². The Morgan fingerprint density at radius 3 is 3.09 bits per heavy atom. The molecule has 1 rings (SSSR count). The molecular formula is C7H14N2O2. The smallest absolute Gasteiger partial charge is 0.404 e. The summed E-state index contributed by atoms with van der Waals surface area (Å²) in [5, 5.41) is 3.24. The highest BCUT2D eigenvalue weighted by atomic mass is 16.5. The maximum atomic E-state index is 10.2. The molecule has 64 valence electrons. The molecule has 1 heterocycles. The maximum absolute atomic E-state index is 10.2. The van der Waals surface area contributed by atoms with Crippen LogP contribution in [0.1, 0.15) is 12.8 Å². The van der Waals surface area contributed by atoms with Crippen LogP contribution >= 0.6 is 0 Å². The van der Waals surface area contributed by atoms with Gasteiger partial charge in [0.1, 0.15) is 0 Å². The van der Waals surface area contributed by atoms with E-state index in [9.17, 15) is 4.79 Å². The van der Waals surface area contributed by atoms with Gasteiger partial charge in [0.25, 0.3) is 0 Å². The number of hydrogen-bond acceptors (Lipinski definition) is 3. The molecule has 1 atom stereocenters. The number of ether oxygens (including phenoxy) is 1. The third-order valence-electron chi connectivity index (χ3n) is 1.93. The van der Waals surface area contributed by atoms with Crippen LogP contribution in [0, 0.1) is 5.92 Å². The maximum Gasteiger partial charge on any atom is 0.404 e. The van der Waals surface area contributed by atoms with E-state index in [0.29, 0.717) is 12.5 Å². The van der Waals surface area contributed by atoms with E-state index in [1.165, 1.54) is 6.42 Å². The average Bonchev–Trinajstić information content (AvgIpc) is 2.39. The Morgan fingerprint density at radius 2 is 2.55 bits per heavy atom. The summed E-state index contributed by atoms with van der Waals surface area (Å²) in [5.41, 5.74) is 4.80. The van der Waals surface area contributed by atoms with E-state index < -0.39 is 6.09 Å². The second-order valence-corrected chi connectivity index (χ2v) is 2.81. The van der Waals surface area contributed by atoms with Gasteiger partial charge in [0.15, 0.2) is 0 Å². The van der Waals surface area contributed by atoms with Gasteiger partial charge in [0.2, 0.25) is 0 Å². The number of nitrogens with two attached hydrogens (primary N) is 1. The van der Waals surface area contributed by atoms with Crippen molar-refractivity contribution in [3.63, 3.8) is 0 Å². The number of rotatable bonds is 3.